The van der Waals surface area contributed by atoms with Gasteiger partial charge in [-0.25, -0.2) is 0 Å². The zero-order valence-corrected chi connectivity index (χ0v) is 13.9. The second kappa shape index (κ2) is 6.09. The summed E-state index contributed by atoms with van der Waals surface area (Å²) < 4.78 is 2.34. The Labute approximate surface area is 140 Å². The van der Waals surface area contributed by atoms with Gasteiger partial charge in [0.05, 0.1) is 23.6 Å². The molecule has 1 aromatic heterocycles. The molecule has 2 heterocycles. The molecule has 0 amide bonds. The quantitative estimate of drug-likeness (QED) is 0.629. The van der Waals surface area contributed by atoms with Crippen LogP contribution in [0.4, 0.5) is 0 Å². The highest BCUT2D eigenvalue weighted by Crippen LogP contribution is 2.27. The first-order valence-corrected chi connectivity index (χ1v) is 8.79. The van der Waals surface area contributed by atoms with E-state index in [0.717, 1.165) is 12.3 Å². The van der Waals surface area contributed by atoms with Crippen LogP contribution in [0.15, 0.2) is 76.6 Å². The molecule has 1 aliphatic rings. The van der Waals surface area contributed by atoms with Crippen LogP contribution >= 0.6 is 11.8 Å². The molecule has 114 valence electrons. The highest BCUT2D eigenvalue weighted by atomic mass is 32.2. The minimum atomic E-state index is 0.752. The number of hydrogen-bond donors (Lipinski definition) is 0. The van der Waals surface area contributed by atoms with Crippen LogP contribution in [-0.4, -0.2) is 16.0 Å². The summed E-state index contributed by atoms with van der Waals surface area (Å²) in [6, 6.07) is 23.5. The van der Waals surface area contributed by atoms with Gasteiger partial charge in [-0.1, -0.05) is 36.4 Å². The molecule has 0 bridgehead atoms. The van der Waals surface area contributed by atoms with Crippen molar-refractivity contribution >= 4 is 17.5 Å². The van der Waals surface area contributed by atoms with Gasteiger partial charge in [0.15, 0.2) is 0 Å². The van der Waals surface area contributed by atoms with Crippen LogP contribution in [0.2, 0.25) is 0 Å². The van der Waals surface area contributed by atoms with Gasteiger partial charge in [0.2, 0.25) is 0 Å². The molecule has 0 fully saturated rings. The highest BCUT2D eigenvalue weighted by Gasteiger charge is 2.18. The van der Waals surface area contributed by atoms with Gasteiger partial charge < -0.3 is 4.57 Å². The molecule has 2 nitrogen and oxygen atoms in total. The van der Waals surface area contributed by atoms with Gasteiger partial charge in [0.25, 0.3) is 0 Å². The van der Waals surface area contributed by atoms with Crippen molar-refractivity contribution in [3.8, 4) is 5.69 Å². The largest absolute Gasteiger partial charge is 0.312 e. The molecule has 3 aromatic rings. The first kappa shape index (κ1) is 14.3. The van der Waals surface area contributed by atoms with Gasteiger partial charge in [-0.2, -0.15) is 0 Å². The Morgan fingerprint density at radius 2 is 1.74 bits per heavy atom. The lowest BCUT2D eigenvalue weighted by Crippen LogP contribution is -2.10. The maximum atomic E-state index is 4.91. The first-order valence-electron chi connectivity index (χ1n) is 7.81. The van der Waals surface area contributed by atoms with Gasteiger partial charge in [-0.3, -0.25) is 4.99 Å². The Bertz CT molecular complexity index is 862. The van der Waals surface area contributed by atoms with E-state index >= 15 is 0 Å². The second-order valence-corrected chi connectivity index (χ2v) is 6.74. The van der Waals surface area contributed by atoms with E-state index in [2.05, 4.69) is 78.2 Å². The van der Waals surface area contributed by atoms with Crippen molar-refractivity contribution in [2.75, 3.05) is 5.75 Å². The fraction of sp³-hybridized carbons (Fsp3) is 0.150. The lowest BCUT2D eigenvalue weighted by molar-refractivity contribution is 0.979. The van der Waals surface area contributed by atoms with E-state index in [9.17, 15) is 0 Å². The summed E-state index contributed by atoms with van der Waals surface area (Å²) in [5.74, 6) is 0.890. The minimum absolute atomic E-state index is 0.752. The first-order chi connectivity index (χ1) is 11.3. The Morgan fingerprint density at radius 3 is 2.61 bits per heavy atom. The molecule has 0 N–H and O–H groups in total. The zero-order chi connectivity index (χ0) is 15.6. The Morgan fingerprint density at radius 1 is 0.957 bits per heavy atom. The number of aromatic nitrogens is 1. The molecule has 4 rings (SSSR count). The number of aryl methyl sites for hydroxylation is 1. The predicted octanol–water partition coefficient (Wildman–Crippen LogP) is 4.88. The number of benzene rings is 2. The third-order valence-electron chi connectivity index (χ3n) is 4.16. The second-order valence-electron chi connectivity index (χ2n) is 5.69. The minimum Gasteiger partial charge on any atom is -0.312 e. The number of para-hydroxylation sites is 1. The van der Waals surface area contributed by atoms with Crippen molar-refractivity contribution in [1.29, 1.82) is 0 Å². The Kier molecular flexibility index (Phi) is 3.80. The average Bonchev–Trinajstić information content (AvgIpc) is 2.89. The maximum absolute atomic E-state index is 4.91. The summed E-state index contributed by atoms with van der Waals surface area (Å²) >= 11 is 1.84. The topological polar surface area (TPSA) is 17.3 Å². The number of aliphatic imine (C=N–C) groups is 1. The summed E-state index contributed by atoms with van der Waals surface area (Å²) in [5, 5.41) is 0. The third kappa shape index (κ3) is 2.73. The number of rotatable bonds is 3. The molecule has 2 aromatic carbocycles. The van der Waals surface area contributed by atoms with Gasteiger partial charge in [0.1, 0.15) is 0 Å². The fourth-order valence-electron chi connectivity index (χ4n) is 3.00. The SMILES string of the molecule is Cc1ccc2n1-c1ccccc1CN=C2CSc1ccccc1. The molecular formula is C20H18N2S. The van der Waals surface area contributed by atoms with E-state index in [4.69, 9.17) is 4.99 Å². The van der Waals surface area contributed by atoms with E-state index in [1.807, 2.05) is 11.8 Å². The molecule has 0 atom stereocenters. The molecule has 0 saturated carbocycles. The van der Waals surface area contributed by atoms with Crippen LogP contribution in [0.5, 0.6) is 0 Å². The molecule has 3 heteroatoms. The standard InChI is InChI=1S/C20H18N2S/c1-15-11-12-20-18(14-23-17-8-3-2-4-9-17)21-13-16-7-5-6-10-19(16)22(15)20/h2-12H,13-14H2,1H3. The molecule has 23 heavy (non-hydrogen) atoms. The van der Waals surface area contributed by atoms with Crippen LogP contribution in [-0.2, 0) is 6.54 Å². The van der Waals surface area contributed by atoms with Gasteiger partial charge in [0, 0.05) is 16.3 Å². The van der Waals surface area contributed by atoms with E-state index in [1.54, 1.807) is 0 Å². The van der Waals surface area contributed by atoms with Gasteiger partial charge >= 0.3 is 0 Å². The molecule has 0 unspecified atom stereocenters. The molecule has 0 radical (unpaired) electrons. The fourth-order valence-corrected chi connectivity index (χ4v) is 3.89. The van der Waals surface area contributed by atoms with Crippen LogP contribution in [0.3, 0.4) is 0 Å². The highest BCUT2D eigenvalue weighted by molar-refractivity contribution is 8.00. The zero-order valence-electron chi connectivity index (χ0n) is 13.1. The monoisotopic (exact) mass is 318 g/mol. The summed E-state index contributed by atoms with van der Waals surface area (Å²) in [5.41, 5.74) is 6.19. The third-order valence-corrected chi connectivity index (χ3v) is 5.19. The maximum Gasteiger partial charge on any atom is 0.0695 e. The number of hydrogen-bond acceptors (Lipinski definition) is 2. The molecule has 0 saturated heterocycles. The average molecular weight is 318 g/mol. The van der Waals surface area contributed by atoms with Gasteiger partial charge in [-0.15, -0.1) is 11.8 Å². The van der Waals surface area contributed by atoms with Crippen molar-refractivity contribution in [2.24, 2.45) is 4.99 Å². The molecule has 0 aliphatic carbocycles. The van der Waals surface area contributed by atoms with E-state index in [1.165, 1.54) is 33.2 Å². The van der Waals surface area contributed by atoms with Crippen molar-refractivity contribution in [1.82, 2.24) is 4.57 Å². The van der Waals surface area contributed by atoms with Crippen LogP contribution in [0.1, 0.15) is 17.0 Å². The van der Waals surface area contributed by atoms with Crippen LogP contribution < -0.4 is 0 Å². The molecular weight excluding hydrogens is 300 g/mol. The number of thioether (sulfide) groups is 1. The lowest BCUT2D eigenvalue weighted by atomic mass is 10.2. The smallest absolute Gasteiger partial charge is 0.0695 e. The van der Waals surface area contributed by atoms with Crippen molar-refractivity contribution in [2.45, 2.75) is 18.4 Å². The number of nitrogens with zero attached hydrogens (tertiary/aromatic N) is 2. The Hall–Kier alpha value is -2.26. The summed E-state index contributed by atoms with van der Waals surface area (Å²) in [4.78, 5) is 6.19. The van der Waals surface area contributed by atoms with Crippen molar-refractivity contribution < 1.29 is 0 Å². The van der Waals surface area contributed by atoms with E-state index < -0.39 is 0 Å². The lowest BCUT2D eigenvalue weighted by Gasteiger charge is -2.13. The van der Waals surface area contributed by atoms with Crippen molar-refractivity contribution in [3.63, 3.8) is 0 Å². The normalized spacial score (nSPS) is 13.0. The number of fused-ring (bicyclic) bond motifs is 3. The Balaban J connectivity index is 1.70. The van der Waals surface area contributed by atoms with E-state index in [-0.39, 0.29) is 0 Å². The summed E-state index contributed by atoms with van der Waals surface area (Å²) in [7, 11) is 0. The summed E-state index contributed by atoms with van der Waals surface area (Å²) in [6.45, 7) is 2.91. The molecule has 0 spiro atoms. The van der Waals surface area contributed by atoms with Crippen LogP contribution in [0, 0.1) is 6.92 Å². The van der Waals surface area contributed by atoms with Crippen molar-refractivity contribution in [3.05, 3.63) is 83.7 Å². The molecule has 1 aliphatic heterocycles. The summed E-state index contributed by atoms with van der Waals surface area (Å²) in [6.07, 6.45) is 0. The predicted molar refractivity (Wildman–Crippen MR) is 97.9 cm³/mol. The van der Waals surface area contributed by atoms with Gasteiger partial charge in [-0.05, 0) is 42.8 Å². The van der Waals surface area contributed by atoms with Crippen LogP contribution in [0.25, 0.3) is 5.69 Å². The van der Waals surface area contributed by atoms with E-state index in [0.29, 0.717) is 0 Å².